The van der Waals surface area contributed by atoms with Crippen LogP contribution < -0.4 is 9.47 Å². The lowest BCUT2D eigenvalue weighted by Gasteiger charge is -2.15. The van der Waals surface area contributed by atoms with Gasteiger partial charge in [-0.25, -0.2) is 0 Å². The standard InChI is InChI=1S/C21H22O3/c1-16(2)14-15-24-21-18(10-7-11-20(21)23-3)19(22)13-12-17-8-5-4-6-9-17/h4-11,14,19,22H,15H2,1-3H3/t19-/m1/s1. The molecule has 0 heterocycles. The molecule has 1 N–H and O–H groups in total. The highest BCUT2D eigenvalue weighted by Gasteiger charge is 2.15. The maximum Gasteiger partial charge on any atom is 0.168 e. The van der Waals surface area contributed by atoms with Gasteiger partial charge in [-0.15, -0.1) is 0 Å². The molecule has 2 rings (SSSR count). The van der Waals surface area contributed by atoms with Crippen LogP contribution in [0.15, 0.2) is 60.2 Å². The molecular formula is C21H22O3. The van der Waals surface area contributed by atoms with Crippen molar-refractivity contribution in [1.82, 2.24) is 0 Å². The molecule has 0 radical (unpaired) electrons. The summed E-state index contributed by atoms with van der Waals surface area (Å²) in [4.78, 5) is 0. The number of rotatable bonds is 5. The number of benzene rings is 2. The quantitative estimate of drug-likeness (QED) is 0.664. The lowest BCUT2D eigenvalue weighted by molar-refractivity contribution is 0.227. The summed E-state index contributed by atoms with van der Waals surface area (Å²) < 4.78 is 11.2. The van der Waals surface area contributed by atoms with Crippen LogP contribution in [0.2, 0.25) is 0 Å². The van der Waals surface area contributed by atoms with Gasteiger partial charge in [0.25, 0.3) is 0 Å². The fourth-order valence-corrected chi connectivity index (χ4v) is 2.11. The first-order valence-corrected chi connectivity index (χ1v) is 7.79. The maximum absolute atomic E-state index is 10.5. The minimum absolute atomic E-state index is 0.411. The Labute approximate surface area is 143 Å². The predicted molar refractivity (Wildman–Crippen MR) is 96.2 cm³/mol. The minimum atomic E-state index is -0.956. The van der Waals surface area contributed by atoms with Gasteiger partial charge in [-0.3, -0.25) is 0 Å². The average Bonchev–Trinajstić information content (AvgIpc) is 2.60. The first-order valence-electron chi connectivity index (χ1n) is 7.79. The normalized spacial score (nSPS) is 11.0. The van der Waals surface area contributed by atoms with Crippen LogP contribution in [0.25, 0.3) is 0 Å². The molecule has 0 bridgehead atoms. The third kappa shape index (κ3) is 4.91. The van der Waals surface area contributed by atoms with Gasteiger partial charge < -0.3 is 14.6 Å². The molecule has 1 atom stereocenters. The Morgan fingerprint density at radius 1 is 1.12 bits per heavy atom. The first-order chi connectivity index (χ1) is 11.6. The Kier molecular flexibility index (Phi) is 6.48. The molecule has 0 fully saturated rings. The van der Waals surface area contributed by atoms with Crippen molar-refractivity contribution in [2.24, 2.45) is 0 Å². The number of methoxy groups -OCH3 is 1. The molecule has 0 aliphatic rings. The highest BCUT2D eigenvalue weighted by molar-refractivity contribution is 5.50. The Balaban J connectivity index is 2.28. The van der Waals surface area contributed by atoms with E-state index in [-0.39, 0.29) is 0 Å². The van der Waals surface area contributed by atoms with Gasteiger partial charge in [-0.2, -0.15) is 0 Å². The van der Waals surface area contributed by atoms with E-state index in [1.54, 1.807) is 19.2 Å². The van der Waals surface area contributed by atoms with Crippen molar-refractivity contribution >= 4 is 0 Å². The summed E-state index contributed by atoms with van der Waals surface area (Å²) in [6, 6.07) is 15.0. The van der Waals surface area contributed by atoms with E-state index in [0.29, 0.717) is 23.7 Å². The minimum Gasteiger partial charge on any atom is -0.493 e. The second kappa shape index (κ2) is 8.81. The molecule has 0 spiro atoms. The lowest BCUT2D eigenvalue weighted by Crippen LogP contribution is -2.04. The largest absolute Gasteiger partial charge is 0.493 e. The summed E-state index contributed by atoms with van der Waals surface area (Å²) in [7, 11) is 1.58. The molecule has 3 nitrogen and oxygen atoms in total. The van der Waals surface area contributed by atoms with Crippen molar-refractivity contribution in [3.63, 3.8) is 0 Å². The summed E-state index contributed by atoms with van der Waals surface area (Å²) in [5, 5.41) is 10.5. The number of allylic oxidation sites excluding steroid dienone is 1. The molecule has 0 amide bonds. The molecule has 0 saturated heterocycles. The van der Waals surface area contributed by atoms with Crippen molar-refractivity contribution in [2.45, 2.75) is 20.0 Å². The summed E-state index contributed by atoms with van der Waals surface area (Å²) in [5.41, 5.74) is 2.61. The van der Waals surface area contributed by atoms with Crippen molar-refractivity contribution in [3.8, 4) is 23.3 Å². The van der Waals surface area contributed by atoms with Gasteiger partial charge in [0.1, 0.15) is 12.7 Å². The number of hydrogen-bond acceptors (Lipinski definition) is 3. The van der Waals surface area contributed by atoms with E-state index in [2.05, 4.69) is 11.8 Å². The molecule has 0 saturated carbocycles. The fraction of sp³-hybridized carbons (Fsp3) is 0.238. The van der Waals surface area contributed by atoms with Crippen LogP contribution in [0, 0.1) is 11.8 Å². The molecule has 3 heteroatoms. The molecule has 124 valence electrons. The highest BCUT2D eigenvalue weighted by Crippen LogP contribution is 2.34. The second-order valence-corrected chi connectivity index (χ2v) is 5.51. The van der Waals surface area contributed by atoms with E-state index in [9.17, 15) is 5.11 Å². The van der Waals surface area contributed by atoms with Gasteiger partial charge in [0.15, 0.2) is 11.5 Å². The van der Waals surface area contributed by atoms with Gasteiger partial charge >= 0.3 is 0 Å². The average molecular weight is 322 g/mol. The second-order valence-electron chi connectivity index (χ2n) is 5.51. The zero-order valence-electron chi connectivity index (χ0n) is 14.2. The zero-order chi connectivity index (χ0) is 17.4. The number of hydrogen-bond donors (Lipinski definition) is 1. The monoisotopic (exact) mass is 322 g/mol. The van der Waals surface area contributed by atoms with E-state index in [4.69, 9.17) is 9.47 Å². The van der Waals surface area contributed by atoms with Crippen molar-refractivity contribution in [1.29, 1.82) is 0 Å². The van der Waals surface area contributed by atoms with Gasteiger partial charge in [0.2, 0.25) is 0 Å². The molecule has 24 heavy (non-hydrogen) atoms. The summed E-state index contributed by atoms with van der Waals surface area (Å²) in [6.45, 7) is 4.42. The predicted octanol–water partition coefficient (Wildman–Crippen LogP) is 4.13. The van der Waals surface area contributed by atoms with Crippen LogP contribution in [0.3, 0.4) is 0 Å². The van der Waals surface area contributed by atoms with E-state index >= 15 is 0 Å². The summed E-state index contributed by atoms with van der Waals surface area (Å²) in [6.07, 6.45) is 1.01. The number of ether oxygens (including phenoxy) is 2. The Bertz CT molecular complexity index is 748. The van der Waals surface area contributed by atoms with Gasteiger partial charge in [0.05, 0.1) is 7.11 Å². The fourth-order valence-electron chi connectivity index (χ4n) is 2.11. The first kappa shape index (κ1) is 17.7. The Hall–Kier alpha value is -2.70. The molecule has 0 aromatic heterocycles. The summed E-state index contributed by atoms with van der Waals surface area (Å²) in [5.74, 6) is 6.93. The smallest absolute Gasteiger partial charge is 0.168 e. The lowest BCUT2D eigenvalue weighted by atomic mass is 10.1. The summed E-state index contributed by atoms with van der Waals surface area (Å²) >= 11 is 0. The van der Waals surface area contributed by atoms with Crippen LogP contribution in [0.1, 0.15) is 31.1 Å². The molecule has 0 aliphatic carbocycles. The van der Waals surface area contributed by atoms with Crippen LogP contribution in [0.5, 0.6) is 11.5 Å². The van der Waals surface area contributed by atoms with Crippen molar-refractivity contribution in [3.05, 3.63) is 71.3 Å². The van der Waals surface area contributed by atoms with Crippen LogP contribution in [0.4, 0.5) is 0 Å². The SMILES string of the molecule is COc1cccc([C@H](O)C#Cc2ccccc2)c1OCC=C(C)C. The van der Waals surface area contributed by atoms with Crippen molar-refractivity contribution in [2.75, 3.05) is 13.7 Å². The van der Waals surface area contributed by atoms with E-state index in [1.807, 2.05) is 56.3 Å². The zero-order valence-corrected chi connectivity index (χ0v) is 14.2. The molecule has 0 aliphatic heterocycles. The highest BCUT2D eigenvalue weighted by atomic mass is 16.5. The number of para-hydroxylation sites is 1. The van der Waals surface area contributed by atoms with Crippen LogP contribution >= 0.6 is 0 Å². The number of aliphatic hydroxyl groups excluding tert-OH is 1. The molecule has 2 aromatic carbocycles. The Morgan fingerprint density at radius 2 is 1.88 bits per heavy atom. The van der Waals surface area contributed by atoms with Crippen LogP contribution in [-0.4, -0.2) is 18.8 Å². The maximum atomic E-state index is 10.5. The molecule has 0 unspecified atom stereocenters. The molecule has 2 aromatic rings. The van der Waals surface area contributed by atoms with E-state index in [1.165, 1.54) is 0 Å². The van der Waals surface area contributed by atoms with E-state index in [0.717, 1.165) is 11.1 Å². The Morgan fingerprint density at radius 3 is 2.54 bits per heavy atom. The third-order valence-electron chi connectivity index (χ3n) is 3.37. The van der Waals surface area contributed by atoms with Crippen molar-refractivity contribution < 1.29 is 14.6 Å². The molecular weight excluding hydrogens is 300 g/mol. The third-order valence-corrected chi connectivity index (χ3v) is 3.37. The van der Waals surface area contributed by atoms with E-state index < -0.39 is 6.10 Å². The topological polar surface area (TPSA) is 38.7 Å². The van der Waals surface area contributed by atoms with Gasteiger partial charge in [-0.05, 0) is 38.1 Å². The van der Waals surface area contributed by atoms with Gasteiger partial charge in [0, 0.05) is 11.1 Å². The van der Waals surface area contributed by atoms with Crippen LogP contribution in [-0.2, 0) is 0 Å². The number of aliphatic hydroxyl groups is 1. The van der Waals surface area contributed by atoms with Gasteiger partial charge in [-0.1, -0.05) is 47.7 Å².